The van der Waals surface area contributed by atoms with Crippen LogP contribution < -0.4 is 4.48 Å². The number of urea groups is 1. The number of ketones is 1. The molecule has 0 saturated carbocycles. The first-order valence-electron chi connectivity index (χ1n) is 8.58. The smallest absolute Gasteiger partial charge is 0.422 e. The standard InChI is InChI=1S/C21H20ClN2O4/c1-23(2)20(26)24(21(27)28-3)12-11-16-17(5-4-6-18(16)24)19(25)15-9-7-14(13-22)8-10-15/h4-12H,13H2,1-3H3/q+1. The predicted molar refractivity (Wildman–Crippen MR) is 108 cm³/mol. The molecule has 0 fully saturated rings. The van der Waals surface area contributed by atoms with Gasteiger partial charge in [0.2, 0.25) is 0 Å². The number of rotatable bonds is 3. The number of nitrogens with zero attached hydrogens (tertiary/aromatic N) is 2. The van der Waals surface area contributed by atoms with E-state index in [0.29, 0.717) is 28.3 Å². The third kappa shape index (κ3) is 3.00. The van der Waals surface area contributed by atoms with Gasteiger partial charge in [0, 0.05) is 43.2 Å². The Hall–Kier alpha value is -2.96. The van der Waals surface area contributed by atoms with E-state index < -0.39 is 16.6 Å². The lowest BCUT2D eigenvalue weighted by Gasteiger charge is -2.27. The molecular weight excluding hydrogens is 380 g/mol. The van der Waals surface area contributed by atoms with Crippen LogP contribution in [-0.4, -0.2) is 44.0 Å². The number of alkyl halides is 1. The van der Waals surface area contributed by atoms with Crippen LogP contribution in [0.2, 0.25) is 0 Å². The number of methoxy groups -OCH3 is 1. The normalized spacial score (nSPS) is 17.1. The molecule has 0 bridgehead atoms. The number of hydrogen-bond donors (Lipinski definition) is 0. The molecule has 0 N–H and O–H groups in total. The molecule has 0 radical (unpaired) electrons. The van der Waals surface area contributed by atoms with E-state index in [2.05, 4.69) is 0 Å². The van der Waals surface area contributed by atoms with E-state index in [1.165, 1.54) is 18.2 Å². The average Bonchev–Trinajstić information content (AvgIpc) is 3.12. The number of carbonyl (C=O) groups is 3. The van der Waals surface area contributed by atoms with Crippen molar-refractivity contribution in [2.75, 3.05) is 21.2 Å². The van der Waals surface area contributed by atoms with Crippen LogP contribution in [0, 0.1) is 0 Å². The summed E-state index contributed by atoms with van der Waals surface area (Å²) in [7, 11) is 4.35. The summed E-state index contributed by atoms with van der Waals surface area (Å²) in [4.78, 5) is 39.9. The molecule has 0 aliphatic carbocycles. The average molecular weight is 400 g/mol. The Morgan fingerprint density at radius 3 is 2.32 bits per heavy atom. The Morgan fingerprint density at radius 2 is 1.75 bits per heavy atom. The van der Waals surface area contributed by atoms with Crippen molar-refractivity contribution >= 4 is 41.3 Å². The van der Waals surface area contributed by atoms with Crippen molar-refractivity contribution in [3.8, 4) is 0 Å². The topological polar surface area (TPSA) is 63.7 Å². The first-order valence-corrected chi connectivity index (χ1v) is 9.11. The van der Waals surface area contributed by atoms with Crippen LogP contribution in [0.3, 0.4) is 0 Å². The first-order chi connectivity index (χ1) is 13.4. The molecule has 0 aromatic heterocycles. The number of fused-ring (bicyclic) bond motifs is 1. The van der Waals surface area contributed by atoms with Gasteiger partial charge >= 0.3 is 12.1 Å². The highest BCUT2D eigenvalue weighted by Gasteiger charge is 2.53. The van der Waals surface area contributed by atoms with Crippen LogP contribution in [0.5, 0.6) is 0 Å². The molecule has 7 heteroatoms. The minimum atomic E-state index is -0.759. The minimum Gasteiger partial charge on any atom is -0.422 e. The van der Waals surface area contributed by atoms with Gasteiger partial charge in [-0.2, -0.15) is 4.79 Å². The summed E-state index contributed by atoms with van der Waals surface area (Å²) in [6.45, 7) is 0. The van der Waals surface area contributed by atoms with Gasteiger partial charge in [-0.05, 0) is 11.6 Å². The number of halogens is 1. The fraction of sp³-hybridized carbons (Fsp3) is 0.190. The second-order valence-electron chi connectivity index (χ2n) is 6.58. The van der Waals surface area contributed by atoms with E-state index in [-0.39, 0.29) is 5.78 Å². The number of imide groups is 1. The number of ether oxygens (including phenoxy) is 1. The monoisotopic (exact) mass is 399 g/mol. The van der Waals surface area contributed by atoms with Gasteiger partial charge in [0.1, 0.15) is 6.20 Å². The van der Waals surface area contributed by atoms with Crippen molar-refractivity contribution in [3.05, 3.63) is 70.9 Å². The zero-order chi connectivity index (χ0) is 20.5. The third-order valence-electron chi connectivity index (χ3n) is 4.69. The van der Waals surface area contributed by atoms with Crippen molar-refractivity contribution in [2.45, 2.75) is 5.88 Å². The zero-order valence-corrected chi connectivity index (χ0v) is 16.6. The van der Waals surface area contributed by atoms with Crippen molar-refractivity contribution in [1.29, 1.82) is 0 Å². The van der Waals surface area contributed by atoms with E-state index >= 15 is 0 Å². The van der Waals surface area contributed by atoms with Crippen LogP contribution >= 0.6 is 11.6 Å². The van der Waals surface area contributed by atoms with Gasteiger partial charge in [-0.1, -0.05) is 34.8 Å². The molecule has 2 aromatic carbocycles. The van der Waals surface area contributed by atoms with Crippen molar-refractivity contribution < 1.29 is 19.1 Å². The van der Waals surface area contributed by atoms with Gasteiger partial charge in [-0.15, -0.1) is 11.6 Å². The molecule has 144 valence electrons. The van der Waals surface area contributed by atoms with Crippen molar-refractivity contribution in [1.82, 2.24) is 9.38 Å². The molecule has 0 spiro atoms. The predicted octanol–water partition coefficient (Wildman–Crippen LogP) is 4.40. The summed E-state index contributed by atoms with van der Waals surface area (Å²) in [5.74, 6) is 0.161. The number of quaternary nitrogens is 1. The Labute approximate surface area is 168 Å². The maximum absolute atomic E-state index is 13.1. The third-order valence-corrected chi connectivity index (χ3v) is 5.00. The van der Waals surface area contributed by atoms with E-state index in [0.717, 1.165) is 5.56 Å². The summed E-state index contributed by atoms with van der Waals surface area (Å²) in [6.07, 6.45) is 2.32. The molecule has 6 nitrogen and oxygen atoms in total. The molecule has 1 aliphatic heterocycles. The van der Waals surface area contributed by atoms with E-state index in [1.54, 1.807) is 62.6 Å². The summed E-state index contributed by atoms with van der Waals surface area (Å²) < 4.78 is 4.15. The maximum atomic E-state index is 13.1. The number of amides is 3. The molecule has 0 saturated heterocycles. The second kappa shape index (κ2) is 7.58. The highest BCUT2D eigenvalue weighted by Crippen LogP contribution is 2.40. The van der Waals surface area contributed by atoms with E-state index in [9.17, 15) is 14.4 Å². The van der Waals surface area contributed by atoms with Gasteiger partial charge in [0.15, 0.2) is 11.5 Å². The van der Waals surface area contributed by atoms with Crippen molar-refractivity contribution in [2.24, 2.45) is 0 Å². The van der Waals surface area contributed by atoms with Crippen LogP contribution in [0.15, 0.2) is 48.7 Å². The fourth-order valence-electron chi connectivity index (χ4n) is 3.26. The van der Waals surface area contributed by atoms with Gasteiger partial charge < -0.3 is 4.74 Å². The van der Waals surface area contributed by atoms with Gasteiger partial charge in [-0.25, -0.2) is 4.79 Å². The second-order valence-corrected chi connectivity index (χ2v) is 6.85. The van der Waals surface area contributed by atoms with E-state index in [1.807, 2.05) is 0 Å². The number of carbonyl (C=O) groups excluding carboxylic acids is 3. The quantitative estimate of drug-likeness (QED) is 0.436. The summed E-state index contributed by atoms with van der Waals surface area (Å²) in [5, 5.41) is 0. The Balaban J connectivity index is 2.13. The largest absolute Gasteiger partial charge is 0.535 e. The Bertz CT molecular complexity index is 982. The summed E-state index contributed by atoms with van der Waals surface area (Å²) in [5.41, 5.74) is 2.72. The zero-order valence-electron chi connectivity index (χ0n) is 15.8. The van der Waals surface area contributed by atoms with E-state index in [4.69, 9.17) is 16.3 Å². The van der Waals surface area contributed by atoms with Crippen LogP contribution in [-0.2, 0) is 10.6 Å². The van der Waals surface area contributed by atoms with Crippen LogP contribution in [0.4, 0.5) is 15.3 Å². The van der Waals surface area contributed by atoms with Crippen molar-refractivity contribution in [3.63, 3.8) is 0 Å². The fourth-order valence-corrected chi connectivity index (χ4v) is 3.44. The Kier molecular flexibility index (Phi) is 5.36. The molecule has 1 heterocycles. The summed E-state index contributed by atoms with van der Waals surface area (Å²) >= 11 is 5.81. The molecule has 2 aromatic rings. The number of hydrogen-bond acceptors (Lipinski definition) is 4. The Morgan fingerprint density at radius 1 is 1.07 bits per heavy atom. The SMILES string of the molecule is COC(=O)[N+]1(C(=O)N(C)C)C=Cc2c(C(=O)c3ccc(CCl)cc3)cccc21. The molecule has 28 heavy (non-hydrogen) atoms. The highest BCUT2D eigenvalue weighted by molar-refractivity contribution is 6.17. The first kappa shape index (κ1) is 19.8. The van der Waals surface area contributed by atoms with Gasteiger partial charge in [0.25, 0.3) is 0 Å². The molecule has 3 amide bonds. The lowest BCUT2D eigenvalue weighted by molar-refractivity contribution is 0.103. The number of benzene rings is 2. The maximum Gasteiger partial charge on any atom is 0.535 e. The molecule has 3 rings (SSSR count). The highest BCUT2D eigenvalue weighted by atomic mass is 35.5. The van der Waals surface area contributed by atoms with Gasteiger partial charge in [0.05, 0.1) is 12.7 Å². The molecule has 1 aliphatic rings. The minimum absolute atomic E-state index is 0.204. The lowest BCUT2D eigenvalue weighted by Crippen LogP contribution is -2.57. The lowest BCUT2D eigenvalue weighted by atomic mass is 9.97. The molecule has 1 atom stereocenters. The summed E-state index contributed by atoms with van der Waals surface area (Å²) in [6, 6.07) is 11.5. The molecular formula is C21H20ClN2O4+. The van der Waals surface area contributed by atoms with Crippen LogP contribution in [0.1, 0.15) is 27.0 Å². The van der Waals surface area contributed by atoms with Crippen LogP contribution in [0.25, 0.3) is 6.08 Å². The molecule has 1 unspecified atom stereocenters. The van der Waals surface area contributed by atoms with Gasteiger partial charge in [-0.3, -0.25) is 9.69 Å².